The van der Waals surface area contributed by atoms with Crippen LogP contribution in [-0.4, -0.2) is 63.2 Å². The molecule has 1 saturated heterocycles. The minimum atomic E-state index is 0.0819. The van der Waals surface area contributed by atoms with Crippen molar-refractivity contribution in [2.24, 2.45) is 0 Å². The van der Waals surface area contributed by atoms with E-state index in [0.29, 0.717) is 34.5 Å². The van der Waals surface area contributed by atoms with Gasteiger partial charge in [-0.25, -0.2) is 14.6 Å². The van der Waals surface area contributed by atoms with Gasteiger partial charge >= 0.3 is 0 Å². The lowest BCUT2D eigenvalue weighted by Gasteiger charge is -2.36. The zero-order valence-electron chi connectivity index (χ0n) is 18.5. The Balaban J connectivity index is 1.35. The first-order chi connectivity index (χ1) is 15.3. The number of benzene rings is 1. The highest BCUT2D eigenvalue weighted by Crippen LogP contribution is 2.29. The number of nitrogens with zero attached hydrogens (tertiary/aromatic N) is 6. The molecule has 0 saturated carbocycles. The van der Waals surface area contributed by atoms with Gasteiger partial charge in [-0.1, -0.05) is 23.2 Å². The molecule has 0 unspecified atom stereocenters. The predicted octanol–water partition coefficient (Wildman–Crippen LogP) is 4.29. The van der Waals surface area contributed by atoms with Crippen LogP contribution in [0.25, 0.3) is 5.95 Å². The summed E-state index contributed by atoms with van der Waals surface area (Å²) in [5.74, 6) is 0.577. The average Bonchev–Trinajstić information content (AvgIpc) is 3.15. The van der Waals surface area contributed by atoms with Gasteiger partial charge < -0.3 is 4.90 Å². The van der Waals surface area contributed by atoms with E-state index in [1.165, 1.54) is 0 Å². The predicted molar refractivity (Wildman–Crippen MR) is 127 cm³/mol. The zero-order valence-corrected chi connectivity index (χ0v) is 20.0. The van der Waals surface area contributed by atoms with E-state index in [1.807, 2.05) is 39.0 Å². The molecule has 0 bridgehead atoms. The van der Waals surface area contributed by atoms with Crippen molar-refractivity contribution in [3.63, 3.8) is 0 Å². The highest BCUT2D eigenvalue weighted by Gasteiger charge is 2.21. The maximum Gasteiger partial charge on any atom is 0.251 e. The summed E-state index contributed by atoms with van der Waals surface area (Å²) in [7, 11) is 0. The molecule has 3 aromatic rings. The van der Waals surface area contributed by atoms with Crippen molar-refractivity contribution in [3.05, 3.63) is 63.2 Å². The molecule has 1 fully saturated rings. The molecule has 0 atom stereocenters. The Kier molecular flexibility index (Phi) is 6.79. The third-order valence-corrected chi connectivity index (χ3v) is 6.30. The molecule has 0 spiro atoms. The largest absolute Gasteiger partial charge is 0.368 e. The van der Waals surface area contributed by atoms with E-state index >= 15 is 0 Å². The molecule has 9 heteroatoms. The van der Waals surface area contributed by atoms with Crippen molar-refractivity contribution < 1.29 is 4.79 Å². The smallest absolute Gasteiger partial charge is 0.251 e. The zero-order chi connectivity index (χ0) is 22.8. The number of rotatable bonds is 6. The van der Waals surface area contributed by atoms with Crippen molar-refractivity contribution in [1.29, 1.82) is 0 Å². The number of Topliss-reactive ketones (excluding diaryl/α,β-unsaturated/α-hetero) is 1. The van der Waals surface area contributed by atoms with Gasteiger partial charge in [-0.3, -0.25) is 9.69 Å². The number of ketones is 1. The van der Waals surface area contributed by atoms with Gasteiger partial charge in [-0.05, 0) is 45.0 Å². The number of piperazine rings is 1. The van der Waals surface area contributed by atoms with Crippen LogP contribution in [0.3, 0.4) is 0 Å². The van der Waals surface area contributed by atoms with Gasteiger partial charge in [0.2, 0.25) is 0 Å². The molecule has 168 valence electrons. The Morgan fingerprint density at radius 1 is 1.00 bits per heavy atom. The first-order valence-corrected chi connectivity index (χ1v) is 11.4. The van der Waals surface area contributed by atoms with Crippen molar-refractivity contribution in [2.45, 2.75) is 27.2 Å². The van der Waals surface area contributed by atoms with Crippen LogP contribution in [0.2, 0.25) is 10.0 Å². The molecule has 1 aliphatic rings. The Morgan fingerprint density at radius 3 is 2.38 bits per heavy atom. The first-order valence-electron chi connectivity index (χ1n) is 10.6. The van der Waals surface area contributed by atoms with Gasteiger partial charge in [0.1, 0.15) is 0 Å². The lowest BCUT2D eigenvalue weighted by atomic mass is 10.1. The van der Waals surface area contributed by atoms with E-state index < -0.39 is 0 Å². The number of aryl methyl sites for hydroxylation is 2. The lowest BCUT2D eigenvalue weighted by molar-refractivity contribution is 0.0962. The van der Waals surface area contributed by atoms with Crippen LogP contribution < -0.4 is 4.90 Å². The normalized spacial score (nSPS) is 14.7. The highest BCUT2D eigenvalue weighted by atomic mass is 35.5. The van der Waals surface area contributed by atoms with Crippen molar-refractivity contribution in [2.75, 3.05) is 37.6 Å². The molecule has 3 heterocycles. The molecule has 0 amide bonds. The Labute approximate surface area is 198 Å². The molecule has 1 aromatic carbocycles. The second kappa shape index (κ2) is 9.57. The van der Waals surface area contributed by atoms with Crippen LogP contribution in [-0.2, 0) is 0 Å². The third kappa shape index (κ3) is 4.95. The molecule has 2 aromatic heterocycles. The standard InChI is InChI=1S/C23H26Cl2N6O/c1-15-12-16(2)28-23(27-15)31-17(3)19(14-26-31)22(32)6-7-29-8-10-30(11-9-29)21-13-18(24)4-5-20(21)25/h4-5,12-14H,6-11H2,1-3H3. The van der Waals surface area contributed by atoms with Crippen LogP contribution >= 0.6 is 23.2 Å². The summed E-state index contributed by atoms with van der Waals surface area (Å²) in [6, 6.07) is 7.44. The van der Waals surface area contributed by atoms with E-state index in [4.69, 9.17) is 23.2 Å². The topological polar surface area (TPSA) is 67.2 Å². The quantitative estimate of drug-likeness (QED) is 0.498. The Morgan fingerprint density at radius 2 is 1.69 bits per heavy atom. The van der Waals surface area contributed by atoms with Gasteiger partial charge in [0.15, 0.2) is 5.78 Å². The van der Waals surface area contributed by atoms with Gasteiger partial charge in [0.05, 0.1) is 28.2 Å². The minimum Gasteiger partial charge on any atom is -0.368 e. The molecule has 4 rings (SSSR count). The molecule has 1 aliphatic heterocycles. The summed E-state index contributed by atoms with van der Waals surface area (Å²) in [6.07, 6.45) is 2.07. The third-order valence-electron chi connectivity index (χ3n) is 5.75. The van der Waals surface area contributed by atoms with Crippen LogP contribution in [0.5, 0.6) is 0 Å². The Bertz CT molecular complexity index is 1120. The summed E-state index contributed by atoms with van der Waals surface area (Å²) >= 11 is 12.5. The lowest BCUT2D eigenvalue weighted by Crippen LogP contribution is -2.47. The number of hydrogen-bond acceptors (Lipinski definition) is 6. The summed E-state index contributed by atoms with van der Waals surface area (Å²) < 4.78 is 1.64. The monoisotopic (exact) mass is 472 g/mol. The summed E-state index contributed by atoms with van der Waals surface area (Å²) in [5.41, 5.74) is 4.09. The minimum absolute atomic E-state index is 0.0819. The fourth-order valence-corrected chi connectivity index (χ4v) is 4.43. The van der Waals surface area contributed by atoms with E-state index in [9.17, 15) is 4.79 Å². The maximum atomic E-state index is 12.9. The fraction of sp³-hybridized carbons (Fsp3) is 0.391. The van der Waals surface area contributed by atoms with Gasteiger partial charge in [0, 0.05) is 55.6 Å². The highest BCUT2D eigenvalue weighted by molar-refractivity contribution is 6.35. The molecule has 0 aliphatic carbocycles. The summed E-state index contributed by atoms with van der Waals surface area (Å²) in [6.45, 7) is 9.85. The number of halogens is 2. The number of aromatic nitrogens is 4. The van der Waals surface area contributed by atoms with Crippen molar-refractivity contribution >= 4 is 34.7 Å². The number of anilines is 1. The van der Waals surface area contributed by atoms with Crippen molar-refractivity contribution in [3.8, 4) is 5.95 Å². The second-order valence-electron chi connectivity index (χ2n) is 8.10. The average molecular weight is 473 g/mol. The number of carbonyl (C=O) groups is 1. The van der Waals surface area contributed by atoms with Crippen LogP contribution in [0, 0.1) is 20.8 Å². The molecular formula is C23H26Cl2N6O. The van der Waals surface area contributed by atoms with Crippen LogP contribution in [0.15, 0.2) is 30.5 Å². The number of hydrogen-bond donors (Lipinski definition) is 0. The summed E-state index contributed by atoms with van der Waals surface area (Å²) in [4.78, 5) is 26.3. The van der Waals surface area contributed by atoms with Gasteiger partial charge in [-0.15, -0.1) is 0 Å². The fourth-order valence-electron chi connectivity index (χ4n) is 4.02. The molecule has 32 heavy (non-hydrogen) atoms. The molecular weight excluding hydrogens is 447 g/mol. The van der Waals surface area contributed by atoms with Crippen LogP contribution in [0.4, 0.5) is 5.69 Å². The van der Waals surface area contributed by atoms with Gasteiger partial charge in [0.25, 0.3) is 5.95 Å². The van der Waals surface area contributed by atoms with E-state index in [0.717, 1.165) is 48.9 Å². The van der Waals surface area contributed by atoms with E-state index in [-0.39, 0.29) is 5.78 Å². The number of carbonyl (C=O) groups excluding carboxylic acids is 1. The van der Waals surface area contributed by atoms with E-state index in [2.05, 4.69) is 24.9 Å². The molecule has 0 radical (unpaired) electrons. The second-order valence-corrected chi connectivity index (χ2v) is 8.95. The van der Waals surface area contributed by atoms with E-state index in [1.54, 1.807) is 16.9 Å². The Hall–Kier alpha value is -2.48. The molecule has 0 N–H and O–H groups in total. The SMILES string of the molecule is Cc1cc(C)nc(-n2ncc(C(=O)CCN3CCN(c4cc(Cl)ccc4Cl)CC3)c2C)n1. The maximum absolute atomic E-state index is 12.9. The molecule has 7 nitrogen and oxygen atoms in total. The summed E-state index contributed by atoms with van der Waals surface area (Å²) in [5, 5.41) is 5.76. The van der Waals surface area contributed by atoms with Crippen LogP contribution in [0.1, 0.15) is 33.9 Å². The van der Waals surface area contributed by atoms with Crippen molar-refractivity contribution in [1.82, 2.24) is 24.6 Å². The van der Waals surface area contributed by atoms with Gasteiger partial charge in [-0.2, -0.15) is 5.10 Å². The first kappa shape index (κ1) is 22.7.